The number of nitrogens with one attached hydrogen (secondary N) is 1. The van der Waals surface area contributed by atoms with E-state index in [0.717, 1.165) is 36.1 Å². The Morgan fingerprint density at radius 3 is 2.57 bits per heavy atom. The van der Waals surface area contributed by atoms with Crippen LogP contribution in [0.15, 0.2) is 83.6 Å². The minimum Gasteiger partial charge on any atom is -0.463 e. The maximum atomic E-state index is 5.44. The van der Waals surface area contributed by atoms with Crippen LogP contribution in [0.4, 0.5) is 17.6 Å². The molecule has 0 fully saturated rings. The van der Waals surface area contributed by atoms with Crippen molar-refractivity contribution in [3.8, 4) is 11.5 Å². The molecule has 3 heterocycles. The number of hydrogen-bond donors (Lipinski definition) is 1. The molecule has 0 spiro atoms. The molecule has 28 heavy (non-hydrogen) atoms. The summed E-state index contributed by atoms with van der Waals surface area (Å²) in [5.74, 6) is 2.88. The lowest BCUT2D eigenvalue weighted by Crippen LogP contribution is -2.15. The molecule has 6 nitrogen and oxygen atoms in total. The van der Waals surface area contributed by atoms with E-state index in [9.17, 15) is 0 Å². The SMILES string of the molecule is CN(c1cccc(-c2ccco2)n1)c1ccnc(NCCc2ccccc2)n1. The average Bonchev–Trinajstić information content (AvgIpc) is 3.29. The van der Waals surface area contributed by atoms with Crippen LogP contribution >= 0.6 is 0 Å². The summed E-state index contributed by atoms with van der Waals surface area (Å²) >= 11 is 0. The van der Waals surface area contributed by atoms with Crippen molar-refractivity contribution in [3.63, 3.8) is 0 Å². The van der Waals surface area contributed by atoms with Crippen molar-refractivity contribution in [2.45, 2.75) is 6.42 Å². The van der Waals surface area contributed by atoms with Crippen molar-refractivity contribution >= 4 is 17.6 Å². The van der Waals surface area contributed by atoms with Gasteiger partial charge in [-0.15, -0.1) is 0 Å². The zero-order valence-corrected chi connectivity index (χ0v) is 15.6. The Bertz CT molecular complexity index is 1020. The van der Waals surface area contributed by atoms with Crippen molar-refractivity contribution in [2.75, 3.05) is 23.8 Å². The van der Waals surface area contributed by atoms with Gasteiger partial charge in [0.05, 0.1) is 6.26 Å². The molecule has 0 atom stereocenters. The maximum Gasteiger partial charge on any atom is 0.224 e. The van der Waals surface area contributed by atoms with Crippen LogP contribution in [0.25, 0.3) is 11.5 Å². The molecule has 0 saturated carbocycles. The summed E-state index contributed by atoms with van der Waals surface area (Å²) in [6.45, 7) is 0.767. The number of furan rings is 1. The number of hydrogen-bond acceptors (Lipinski definition) is 6. The largest absolute Gasteiger partial charge is 0.463 e. The number of pyridine rings is 1. The lowest BCUT2D eigenvalue weighted by atomic mass is 10.1. The summed E-state index contributed by atoms with van der Waals surface area (Å²) in [7, 11) is 1.93. The first-order chi connectivity index (χ1) is 13.8. The van der Waals surface area contributed by atoms with Crippen LogP contribution in [0, 0.1) is 0 Å². The second-order valence-electron chi connectivity index (χ2n) is 6.32. The van der Waals surface area contributed by atoms with Gasteiger partial charge in [-0.25, -0.2) is 9.97 Å². The molecule has 3 aromatic heterocycles. The summed E-state index contributed by atoms with van der Waals surface area (Å²) in [6, 6.07) is 21.8. The molecule has 4 rings (SSSR count). The normalized spacial score (nSPS) is 10.6. The van der Waals surface area contributed by atoms with E-state index in [1.807, 2.05) is 66.5 Å². The third-order valence-electron chi connectivity index (χ3n) is 4.38. The van der Waals surface area contributed by atoms with Crippen LogP contribution in [0.2, 0.25) is 0 Å². The Hall–Kier alpha value is -3.67. The molecule has 4 aromatic rings. The first kappa shape index (κ1) is 17.7. The van der Waals surface area contributed by atoms with E-state index in [1.165, 1.54) is 5.56 Å². The highest BCUT2D eigenvalue weighted by molar-refractivity contribution is 5.61. The van der Waals surface area contributed by atoms with Crippen molar-refractivity contribution in [3.05, 3.63) is 84.8 Å². The predicted molar refractivity (Wildman–Crippen MR) is 111 cm³/mol. The zero-order valence-electron chi connectivity index (χ0n) is 15.6. The highest BCUT2D eigenvalue weighted by Gasteiger charge is 2.10. The van der Waals surface area contributed by atoms with Crippen LogP contribution in [0.1, 0.15) is 5.56 Å². The van der Waals surface area contributed by atoms with E-state index < -0.39 is 0 Å². The van der Waals surface area contributed by atoms with Crippen LogP contribution in [0.5, 0.6) is 0 Å². The molecular weight excluding hydrogens is 350 g/mol. The molecule has 0 amide bonds. The van der Waals surface area contributed by atoms with Crippen molar-refractivity contribution in [1.29, 1.82) is 0 Å². The highest BCUT2D eigenvalue weighted by Crippen LogP contribution is 2.24. The summed E-state index contributed by atoms with van der Waals surface area (Å²) in [6.07, 6.45) is 4.31. The smallest absolute Gasteiger partial charge is 0.224 e. The standard InChI is InChI=1S/C22H21N5O/c1-27(20-11-5-9-18(25-20)19-10-6-16-28-19)21-13-15-24-22(26-21)23-14-12-17-7-3-2-4-8-17/h2-11,13,15-16H,12,14H2,1H3,(H,23,24,26). The molecule has 0 aliphatic heterocycles. The van der Waals surface area contributed by atoms with E-state index in [1.54, 1.807) is 12.5 Å². The molecule has 0 aliphatic carbocycles. The fourth-order valence-electron chi connectivity index (χ4n) is 2.87. The summed E-state index contributed by atoms with van der Waals surface area (Å²) in [4.78, 5) is 15.5. The quantitative estimate of drug-likeness (QED) is 0.514. The second-order valence-corrected chi connectivity index (χ2v) is 6.32. The fraction of sp³-hybridized carbons (Fsp3) is 0.136. The molecule has 1 aromatic carbocycles. The third kappa shape index (κ3) is 4.17. The van der Waals surface area contributed by atoms with Crippen molar-refractivity contribution in [2.24, 2.45) is 0 Å². The Morgan fingerprint density at radius 1 is 0.893 bits per heavy atom. The topological polar surface area (TPSA) is 67.1 Å². The second kappa shape index (κ2) is 8.35. The molecule has 1 N–H and O–H groups in total. The molecule has 0 unspecified atom stereocenters. The van der Waals surface area contributed by atoms with Gasteiger partial charge in [-0.05, 0) is 42.3 Å². The van der Waals surface area contributed by atoms with E-state index >= 15 is 0 Å². The summed E-state index contributed by atoms with van der Waals surface area (Å²) in [5.41, 5.74) is 2.06. The Morgan fingerprint density at radius 2 is 1.75 bits per heavy atom. The minimum absolute atomic E-state index is 0.600. The molecular formula is C22H21N5O. The van der Waals surface area contributed by atoms with Gasteiger partial charge in [-0.1, -0.05) is 36.4 Å². The van der Waals surface area contributed by atoms with Gasteiger partial charge in [0.15, 0.2) is 5.76 Å². The molecule has 0 radical (unpaired) electrons. The molecule has 0 saturated heterocycles. The first-order valence-corrected chi connectivity index (χ1v) is 9.15. The molecule has 6 heteroatoms. The number of benzene rings is 1. The maximum absolute atomic E-state index is 5.44. The Kier molecular flexibility index (Phi) is 5.29. The van der Waals surface area contributed by atoms with Crippen LogP contribution in [-0.2, 0) is 6.42 Å². The van der Waals surface area contributed by atoms with Crippen molar-refractivity contribution < 1.29 is 4.42 Å². The number of anilines is 3. The van der Waals surface area contributed by atoms with Gasteiger partial charge in [0.1, 0.15) is 17.3 Å². The van der Waals surface area contributed by atoms with Gasteiger partial charge in [-0.3, -0.25) is 0 Å². The first-order valence-electron chi connectivity index (χ1n) is 9.15. The summed E-state index contributed by atoms with van der Waals surface area (Å²) in [5, 5.41) is 3.29. The van der Waals surface area contributed by atoms with Crippen LogP contribution in [-0.4, -0.2) is 28.5 Å². The zero-order chi connectivity index (χ0) is 19.2. The molecule has 140 valence electrons. The van der Waals surface area contributed by atoms with Gasteiger partial charge in [0, 0.05) is 19.8 Å². The van der Waals surface area contributed by atoms with Gasteiger partial charge >= 0.3 is 0 Å². The monoisotopic (exact) mass is 371 g/mol. The van der Waals surface area contributed by atoms with E-state index in [-0.39, 0.29) is 0 Å². The highest BCUT2D eigenvalue weighted by atomic mass is 16.3. The van der Waals surface area contributed by atoms with E-state index in [0.29, 0.717) is 5.95 Å². The van der Waals surface area contributed by atoms with Gasteiger partial charge in [0.25, 0.3) is 0 Å². The van der Waals surface area contributed by atoms with Gasteiger partial charge in [0.2, 0.25) is 5.95 Å². The van der Waals surface area contributed by atoms with Crippen molar-refractivity contribution in [1.82, 2.24) is 15.0 Å². The van der Waals surface area contributed by atoms with Gasteiger partial charge in [-0.2, -0.15) is 4.98 Å². The number of aromatic nitrogens is 3. The molecule has 0 aliphatic rings. The van der Waals surface area contributed by atoms with Crippen LogP contribution in [0.3, 0.4) is 0 Å². The lowest BCUT2D eigenvalue weighted by Gasteiger charge is -2.18. The Balaban J connectivity index is 1.45. The van der Waals surface area contributed by atoms with E-state index in [4.69, 9.17) is 4.42 Å². The third-order valence-corrected chi connectivity index (χ3v) is 4.38. The van der Waals surface area contributed by atoms with Gasteiger partial charge < -0.3 is 14.6 Å². The average molecular weight is 371 g/mol. The number of nitrogens with zero attached hydrogens (tertiary/aromatic N) is 4. The fourth-order valence-corrected chi connectivity index (χ4v) is 2.87. The predicted octanol–water partition coefficient (Wildman–Crippen LogP) is 4.55. The Labute approximate surface area is 163 Å². The minimum atomic E-state index is 0.600. The van der Waals surface area contributed by atoms with Crippen LogP contribution < -0.4 is 10.2 Å². The summed E-state index contributed by atoms with van der Waals surface area (Å²) < 4.78 is 5.44. The molecule has 0 bridgehead atoms. The van der Waals surface area contributed by atoms with E-state index in [2.05, 4.69) is 32.4 Å². The number of rotatable bonds is 7. The lowest BCUT2D eigenvalue weighted by molar-refractivity contribution is 0.580.